The van der Waals surface area contributed by atoms with E-state index in [0.717, 1.165) is 17.7 Å². The first-order chi connectivity index (χ1) is 10.4. The predicted octanol–water partition coefficient (Wildman–Crippen LogP) is 5.52. The minimum Gasteiger partial charge on any atom is -0.507 e. The molecule has 2 aliphatic carbocycles. The Morgan fingerprint density at radius 1 is 1.17 bits per heavy atom. The molecule has 2 aliphatic rings. The van der Waals surface area contributed by atoms with E-state index in [1.54, 1.807) is 0 Å². The van der Waals surface area contributed by atoms with Crippen LogP contribution in [0.1, 0.15) is 81.5 Å². The Balaban J connectivity index is 0.00000192. The van der Waals surface area contributed by atoms with Gasteiger partial charge in [-0.2, -0.15) is 0 Å². The van der Waals surface area contributed by atoms with Crippen LogP contribution in [0, 0.1) is 12.8 Å². The van der Waals surface area contributed by atoms with Crippen molar-refractivity contribution in [3.63, 3.8) is 0 Å². The highest BCUT2D eigenvalue weighted by Crippen LogP contribution is 2.52. The molecule has 2 unspecified atom stereocenters. The van der Waals surface area contributed by atoms with Crippen LogP contribution in [-0.4, -0.2) is 17.4 Å². The fourth-order valence-corrected chi connectivity index (χ4v) is 4.49. The van der Waals surface area contributed by atoms with E-state index in [9.17, 15) is 5.11 Å². The quantitative estimate of drug-likeness (QED) is 0.720. The van der Waals surface area contributed by atoms with Crippen molar-refractivity contribution in [3.8, 4) is 5.75 Å². The molecule has 0 bridgehead atoms. The van der Waals surface area contributed by atoms with Gasteiger partial charge >= 0.3 is 0 Å². The molecule has 1 saturated carbocycles. The van der Waals surface area contributed by atoms with Crippen LogP contribution in [0.4, 0.5) is 0 Å². The third-order valence-electron chi connectivity index (χ3n) is 5.43. The molecule has 2 nitrogen and oxygen atoms in total. The number of aromatic hydroxyl groups is 1. The molecule has 1 fully saturated rings. The van der Waals surface area contributed by atoms with Gasteiger partial charge in [-0.05, 0) is 49.1 Å². The smallest absolute Gasteiger partial charge is 0.128 e. The molecule has 3 heteroatoms. The summed E-state index contributed by atoms with van der Waals surface area (Å²) < 4.78 is 0. The van der Waals surface area contributed by atoms with E-state index < -0.39 is 0 Å². The summed E-state index contributed by atoms with van der Waals surface area (Å²) in [4.78, 5) is 4.83. The number of phenols is 1. The van der Waals surface area contributed by atoms with Gasteiger partial charge in [-0.15, -0.1) is 12.4 Å². The average molecular weight is 336 g/mol. The molecule has 2 atom stereocenters. The number of halogens is 1. The summed E-state index contributed by atoms with van der Waals surface area (Å²) >= 11 is 0. The lowest BCUT2D eigenvalue weighted by Gasteiger charge is -2.27. The minimum absolute atomic E-state index is 0. The summed E-state index contributed by atoms with van der Waals surface area (Å²) in [6.07, 6.45) is 5.07. The molecular formula is C20H30ClNO. The zero-order valence-electron chi connectivity index (χ0n) is 15.1. The standard InChI is InChI=1S/C20H29NO.ClH/c1-6-21-18-14-10-8-7-9-13(14)16-12(2)11-15(20(3,4)5)19(22)17(16)18;/h11,13-14,22H,6-10H2,1-5H3;1H/b21-18-;. The van der Waals surface area contributed by atoms with Crippen LogP contribution in [0.5, 0.6) is 5.75 Å². The van der Waals surface area contributed by atoms with Gasteiger partial charge in [-0.3, -0.25) is 4.99 Å². The van der Waals surface area contributed by atoms with E-state index in [0.29, 0.717) is 17.6 Å². The zero-order valence-corrected chi connectivity index (χ0v) is 15.9. The van der Waals surface area contributed by atoms with Crippen LogP contribution in [0.15, 0.2) is 11.1 Å². The van der Waals surface area contributed by atoms with E-state index in [1.165, 1.54) is 42.5 Å². The molecule has 1 N–H and O–H groups in total. The highest BCUT2D eigenvalue weighted by Gasteiger charge is 2.42. The van der Waals surface area contributed by atoms with E-state index in [-0.39, 0.29) is 17.8 Å². The van der Waals surface area contributed by atoms with E-state index in [1.807, 2.05) is 0 Å². The monoisotopic (exact) mass is 335 g/mol. The summed E-state index contributed by atoms with van der Waals surface area (Å²) in [6.45, 7) is 11.6. The van der Waals surface area contributed by atoms with Crippen molar-refractivity contribution in [1.82, 2.24) is 0 Å². The summed E-state index contributed by atoms with van der Waals surface area (Å²) in [5.41, 5.74) is 6.02. The number of aryl methyl sites for hydroxylation is 1. The number of rotatable bonds is 1. The lowest BCUT2D eigenvalue weighted by molar-refractivity contribution is 0.391. The number of hydrogen-bond donors (Lipinski definition) is 1. The third-order valence-corrected chi connectivity index (χ3v) is 5.43. The molecule has 23 heavy (non-hydrogen) atoms. The van der Waals surface area contributed by atoms with Crippen molar-refractivity contribution in [3.05, 3.63) is 28.3 Å². The Morgan fingerprint density at radius 3 is 2.35 bits per heavy atom. The first kappa shape index (κ1) is 18.3. The first-order valence-electron chi connectivity index (χ1n) is 8.78. The van der Waals surface area contributed by atoms with Gasteiger partial charge in [0, 0.05) is 29.3 Å². The van der Waals surface area contributed by atoms with Crippen molar-refractivity contribution in [2.45, 2.75) is 71.6 Å². The lowest BCUT2D eigenvalue weighted by Crippen LogP contribution is -2.19. The fourth-order valence-electron chi connectivity index (χ4n) is 4.49. The Kier molecular flexibility index (Phi) is 5.15. The van der Waals surface area contributed by atoms with Crippen molar-refractivity contribution >= 4 is 18.1 Å². The largest absolute Gasteiger partial charge is 0.507 e. The highest BCUT2D eigenvalue weighted by molar-refractivity contribution is 6.10. The molecule has 3 rings (SSSR count). The maximum absolute atomic E-state index is 11.0. The van der Waals surface area contributed by atoms with Gasteiger partial charge in [0.05, 0.1) is 0 Å². The minimum atomic E-state index is -0.0467. The van der Waals surface area contributed by atoms with E-state index >= 15 is 0 Å². The Morgan fingerprint density at radius 2 is 1.78 bits per heavy atom. The number of benzene rings is 1. The molecule has 1 aromatic rings. The molecule has 1 aromatic carbocycles. The second-order valence-corrected chi connectivity index (χ2v) is 7.99. The molecule has 0 saturated heterocycles. The third kappa shape index (κ3) is 2.91. The van der Waals surface area contributed by atoms with Gasteiger partial charge in [0.15, 0.2) is 0 Å². The molecule has 0 aromatic heterocycles. The lowest BCUT2D eigenvalue weighted by atomic mass is 9.78. The SMILES string of the molecule is CC/N=C1\c2c(O)c(C(C)(C)C)cc(C)c2C2CCCCC12.Cl. The van der Waals surface area contributed by atoms with Crippen LogP contribution in [0.2, 0.25) is 0 Å². The van der Waals surface area contributed by atoms with Crippen LogP contribution in [-0.2, 0) is 5.41 Å². The molecular weight excluding hydrogens is 306 g/mol. The van der Waals surface area contributed by atoms with Gasteiger partial charge in [0.1, 0.15) is 5.75 Å². The number of hydrogen-bond acceptors (Lipinski definition) is 2. The summed E-state index contributed by atoms with van der Waals surface area (Å²) in [6, 6.07) is 2.22. The fraction of sp³-hybridized carbons (Fsp3) is 0.650. The average Bonchev–Trinajstić information content (AvgIpc) is 2.78. The van der Waals surface area contributed by atoms with Crippen LogP contribution >= 0.6 is 12.4 Å². The molecule has 0 spiro atoms. The van der Waals surface area contributed by atoms with Gasteiger partial charge in [-0.25, -0.2) is 0 Å². The van der Waals surface area contributed by atoms with Gasteiger partial charge in [0.25, 0.3) is 0 Å². The predicted molar refractivity (Wildman–Crippen MR) is 101 cm³/mol. The summed E-state index contributed by atoms with van der Waals surface area (Å²) in [5.74, 6) is 1.60. The number of phenolic OH excluding ortho intramolecular Hbond substituents is 1. The normalized spacial score (nSPS) is 25.0. The Labute approximate surface area is 146 Å². The van der Waals surface area contributed by atoms with Gasteiger partial charge in [-0.1, -0.05) is 39.7 Å². The van der Waals surface area contributed by atoms with Gasteiger partial charge in [0.2, 0.25) is 0 Å². The molecule has 128 valence electrons. The first-order valence-corrected chi connectivity index (χ1v) is 8.78. The van der Waals surface area contributed by atoms with Crippen molar-refractivity contribution in [2.75, 3.05) is 6.54 Å². The Hall–Kier alpha value is -1.02. The molecule has 0 amide bonds. The maximum Gasteiger partial charge on any atom is 0.128 e. The summed E-state index contributed by atoms with van der Waals surface area (Å²) in [7, 11) is 0. The number of aliphatic imine (C=N–C) groups is 1. The van der Waals surface area contributed by atoms with E-state index in [2.05, 4.69) is 40.7 Å². The maximum atomic E-state index is 11.0. The van der Waals surface area contributed by atoms with Crippen molar-refractivity contribution in [1.29, 1.82) is 0 Å². The topological polar surface area (TPSA) is 32.6 Å². The highest BCUT2D eigenvalue weighted by atomic mass is 35.5. The molecule has 0 heterocycles. The number of fused-ring (bicyclic) bond motifs is 3. The molecule has 0 aliphatic heterocycles. The molecule has 0 radical (unpaired) electrons. The van der Waals surface area contributed by atoms with Crippen molar-refractivity contribution in [2.24, 2.45) is 10.9 Å². The Bertz CT molecular complexity index is 628. The van der Waals surface area contributed by atoms with E-state index in [4.69, 9.17) is 4.99 Å². The van der Waals surface area contributed by atoms with Crippen LogP contribution in [0.3, 0.4) is 0 Å². The summed E-state index contributed by atoms with van der Waals surface area (Å²) in [5, 5.41) is 11.0. The second-order valence-electron chi connectivity index (χ2n) is 7.99. The van der Waals surface area contributed by atoms with Crippen LogP contribution < -0.4 is 0 Å². The van der Waals surface area contributed by atoms with Gasteiger partial charge < -0.3 is 5.11 Å². The van der Waals surface area contributed by atoms with Crippen molar-refractivity contribution < 1.29 is 5.11 Å². The number of nitrogens with zero attached hydrogens (tertiary/aromatic N) is 1. The second kappa shape index (κ2) is 6.47. The van der Waals surface area contributed by atoms with Crippen LogP contribution in [0.25, 0.3) is 0 Å². The zero-order chi connectivity index (χ0) is 16.1.